The fraction of sp³-hybridized carbons (Fsp3) is 0.0526. The first-order valence-electron chi connectivity index (χ1n) is 8.35. The summed E-state index contributed by atoms with van der Waals surface area (Å²) < 4.78 is 55.1. The Morgan fingerprint density at radius 3 is 2.62 bits per heavy atom. The number of nitrogens with zero attached hydrogens (tertiary/aromatic N) is 2. The Hall–Kier alpha value is -3.82. The number of hydrogen-bond donors (Lipinski definition) is 3. The molecule has 0 fully saturated rings. The van der Waals surface area contributed by atoms with Crippen LogP contribution < -0.4 is 15.4 Å². The molecule has 2 heterocycles. The van der Waals surface area contributed by atoms with Gasteiger partial charge in [0.25, 0.3) is 0 Å². The smallest absolute Gasteiger partial charge is 0.406 e. The first kappa shape index (κ1) is 18.5. The third-order valence-corrected chi connectivity index (χ3v) is 3.89. The van der Waals surface area contributed by atoms with Crippen molar-refractivity contribution in [2.75, 3.05) is 10.6 Å². The van der Waals surface area contributed by atoms with Crippen LogP contribution in [0, 0.1) is 5.82 Å². The summed E-state index contributed by atoms with van der Waals surface area (Å²) in [5.74, 6) is -1.29. The number of hydrogen-bond acceptors (Lipinski definition) is 5. The van der Waals surface area contributed by atoms with E-state index >= 15 is 0 Å². The van der Waals surface area contributed by atoms with Gasteiger partial charge in [-0.05, 0) is 35.7 Å². The molecule has 2 aromatic heterocycles. The second-order valence-corrected chi connectivity index (χ2v) is 6.00. The summed E-state index contributed by atoms with van der Waals surface area (Å²) in [5, 5.41) is 6.62. The Balaban J connectivity index is 1.54. The minimum Gasteiger partial charge on any atom is -0.406 e. The predicted molar refractivity (Wildman–Crippen MR) is 100.0 cm³/mol. The normalized spacial score (nSPS) is 11.4. The number of halogens is 4. The number of benzene rings is 2. The van der Waals surface area contributed by atoms with E-state index in [4.69, 9.17) is 0 Å². The first-order valence-corrected chi connectivity index (χ1v) is 8.35. The molecule has 4 rings (SSSR count). The minimum absolute atomic E-state index is 0.113. The van der Waals surface area contributed by atoms with Gasteiger partial charge in [-0.25, -0.2) is 9.37 Å². The summed E-state index contributed by atoms with van der Waals surface area (Å²) in [6.07, 6.45) is -2.06. The molecule has 0 saturated heterocycles. The molecule has 2 aromatic carbocycles. The third-order valence-electron chi connectivity index (χ3n) is 3.89. The molecule has 0 radical (unpaired) electrons. The highest BCUT2D eigenvalue weighted by Gasteiger charge is 2.31. The van der Waals surface area contributed by atoms with Crippen molar-refractivity contribution < 1.29 is 22.3 Å². The van der Waals surface area contributed by atoms with Gasteiger partial charge in [-0.2, -0.15) is 4.98 Å². The zero-order valence-electron chi connectivity index (χ0n) is 14.6. The second kappa shape index (κ2) is 7.30. The van der Waals surface area contributed by atoms with E-state index in [0.717, 1.165) is 29.2 Å². The van der Waals surface area contributed by atoms with E-state index in [1.807, 2.05) is 30.5 Å². The lowest BCUT2D eigenvalue weighted by atomic mass is 10.2. The van der Waals surface area contributed by atoms with E-state index in [0.29, 0.717) is 5.69 Å². The van der Waals surface area contributed by atoms with E-state index in [1.54, 1.807) is 0 Å². The van der Waals surface area contributed by atoms with E-state index in [9.17, 15) is 17.6 Å². The standard InChI is InChI=1S/C19H13F4N5O/c20-15-10-25-18(27-13-5-4-11-6-7-24-16(11)9-13)28-17(15)26-12-2-1-3-14(8-12)29-19(21,22)23/h1-10,24H,(H2,25,26,27,28). The van der Waals surface area contributed by atoms with Crippen LogP contribution in [0.15, 0.2) is 60.9 Å². The summed E-state index contributed by atoms with van der Waals surface area (Å²) in [6, 6.07) is 12.5. The Bertz CT molecular complexity index is 1160. The van der Waals surface area contributed by atoms with Gasteiger partial charge in [-0.1, -0.05) is 12.1 Å². The minimum atomic E-state index is -4.82. The van der Waals surface area contributed by atoms with Crippen LogP contribution in [0.5, 0.6) is 5.75 Å². The van der Waals surface area contributed by atoms with Gasteiger partial charge in [-0.15, -0.1) is 13.2 Å². The lowest BCUT2D eigenvalue weighted by molar-refractivity contribution is -0.274. The van der Waals surface area contributed by atoms with Crippen molar-refractivity contribution in [2.45, 2.75) is 6.36 Å². The molecule has 3 N–H and O–H groups in total. The average Bonchev–Trinajstić information content (AvgIpc) is 3.11. The summed E-state index contributed by atoms with van der Waals surface area (Å²) >= 11 is 0. The maximum absolute atomic E-state index is 14.1. The third kappa shape index (κ3) is 4.54. The fourth-order valence-corrected chi connectivity index (χ4v) is 2.68. The first-order chi connectivity index (χ1) is 13.9. The van der Waals surface area contributed by atoms with Crippen molar-refractivity contribution in [3.63, 3.8) is 0 Å². The number of alkyl halides is 3. The highest BCUT2D eigenvalue weighted by molar-refractivity contribution is 5.83. The highest BCUT2D eigenvalue weighted by atomic mass is 19.4. The van der Waals surface area contributed by atoms with Gasteiger partial charge < -0.3 is 20.4 Å². The van der Waals surface area contributed by atoms with E-state index < -0.39 is 17.9 Å². The number of H-pyrrole nitrogens is 1. The van der Waals surface area contributed by atoms with Gasteiger partial charge in [0.15, 0.2) is 11.6 Å². The molecule has 148 valence electrons. The average molecular weight is 403 g/mol. The molecule has 10 heteroatoms. The molecule has 29 heavy (non-hydrogen) atoms. The number of nitrogens with one attached hydrogen (secondary N) is 3. The molecule has 6 nitrogen and oxygen atoms in total. The maximum Gasteiger partial charge on any atom is 0.573 e. The van der Waals surface area contributed by atoms with Crippen molar-refractivity contribution in [2.24, 2.45) is 0 Å². The van der Waals surface area contributed by atoms with Crippen molar-refractivity contribution in [1.29, 1.82) is 0 Å². The fourth-order valence-electron chi connectivity index (χ4n) is 2.68. The lowest BCUT2D eigenvalue weighted by Crippen LogP contribution is -2.17. The van der Waals surface area contributed by atoms with Crippen LogP contribution in [0.1, 0.15) is 0 Å². The van der Waals surface area contributed by atoms with Crippen molar-refractivity contribution in [1.82, 2.24) is 15.0 Å². The number of ether oxygens (including phenoxy) is 1. The number of aromatic amines is 1. The number of rotatable bonds is 5. The highest BCUT2D eigenvalue weighted by Crippen LogP contribution is 2.27. The molecule has 0 aliphatic rings. The summed E-state index contributed by atoms with van der Waals surface area (Å²) in [4.78, 5) is 11.0. The molecule has 0 amide bonds. The SMILES string of the molecule is Fc1cnc(Nc2ccc3cc[nH]c3c2)nc1Nc1cccc(OC(F)(F)F)c1. The molecular weight excluding hydrogens is 390 g/mol. The van der Waals surface area contributed by atoms with Crippen molar-refractivity contribution >= 4 is 34.0 Å². The summed E-state index contributed by atoms with van der Waals surface area (Å²) in [5.41, 5.74) is 1.75. The van der Waals surface area contributed by atoms with Crippen LogP contribution in [-0.2, 0) is 0 Å². The molecule has 0 saturated carbocycles. The Morgan fingerprint density at radius 1 is 0.966 bits per heavy atom. The lowest BCUT2D eigenvalue weighted by Gasteiger charge is -2.12. The van der Waals surface area contributed by atoms with Crippen LogP contribution in [0.2, 0.25) is 0 Å². The van der Waals surface area contributed by atoms with Gasteiger partial charge in [0.2, 0.25) is 5.95 Å². The van der Waals surface area contributed by atoms with Crippen LogP contribution >= 0.6 is 0 Å². The molecular formula is C19H13F4N5O. The van der Waals surface area contributed by atoms with Crippen molar-refractivity contribution in [3.05, 3.63) is 66.7 Å². The van der Waals surface area contributed by atoms with Crippen LogP contribution in [0.3, 0.4) is 0 Å². The number of fused-ring (bicyclic) bond motifs is 1. The van der Waals surface area contributed by atoms with Crippen LogP contribution in [0.4, 0.5) is 40.7 Å². The van der Waals surface area contributed by atoms with Gasteiger partial charge in [0.1, 0.15) is 5.75 Å². The number of aromatic nitrogens is 3. The quantitative estimate of drug-likeness (QED) is 0.385. The molecule has 4 aromatic rings. The van der Waals surface area contributed by atoms with Crippen molar-refractivity contribution in [3.8, 4) is 5.75 Å². The summed E-state index contributed by atoms with van der Waals surface area (Å²) in [7, 11) is 0. The second-order valence-electron chi connectivity index (χ2n) is 6.00. The Morgan fingerprint density at radius 2 is 1.79 bits per heavy atom. The van der Waals surface area contributed by atoms with Crippen LogP contribution in [-0.4, -0.2) is 21.3 Å². The zero-order chi connectivity index (χ0) is 20.4. The maximum atomic E-state index is 14.1. The largest absolute Gasteiger partial charge is 0.573 e. The summed E-state index contributed by atoms with van der Waals surface area (Å²) in [6.45, 7) is 0. The predicted octanol–water partition coefficient (Wildman–Crippen LogP) is 5.48. The molecule has 0 unspecified atom stereocenters. The zero-order valence-corrected chi connectivity index (χ0v) is 14.6. The van der Waals surface area contributed by atoms with E-state index in [1.165, 1.54) is 12.1 Å². The topological polar surface area (TPSA) is 74.9 Å². The van der Waals surface area contributed by atoms with E-state index in [2.05, 4.69) is 30.3 Å². The van der Waals surface area contributed by atoms with Gasteiger partial charge in [-0.3, -0.25) is 0 Å². The van der Waals surface area contributed by atoms with Gasteiger partial charge in [0, 0.05) is 29.2 Å². The monoisotopic (exact) mass is 403 g/mol. The molecule has 0 bridgehead atoms. The van der Waals surface area contributed by atoms with Gasteiger partial charge >= 0.3 is 6.36 Å². The Labute approximate surface area is 161 Å². The van der Waals surface area contributed by atoms with Crippen LogP contribution in [0.25, 0.3) is 10.9 Å². The van der Waals surface area contributed by atoms with E-state index in [-0.39, 0.29) is 17.5 Å². The molecule has 0 aliphatic heterocycles. The molecule has 0 atom stereocenters. The molecule has 0 spiro atoms. The Kier molecular flexibility index (Phi) is 4.67. The number of anilines is 4. The molecule has 0 aliphatic carbocycles. The van der Waals surface area contributed by atoms with Gasteiger partial charge in [0.05, 0.1) is 6.20 Å².